The van der Waals surface area contributed by atoms with Crippen molar-refractivity contribution in [2.75, 3.05) is 13.7 Å². The third-order valence-electron chi connectivity index (χ3n) is 9.43. The van der Waals surface area contributed by atoms with E-state index < -0.39 is 53.1 Å². The number of alkyl carbamates (subject to hydrolysis) is 1. The number of benzene rings is 2. The fraction of sp³-hybridized carbons (Fsp3) is 0.514. The minimum atomic E-state index is -1.44. The van der Waals surface area contributed by atoms with E-state index in [1.165, 1.54) is 9.70 Å². The Morgan fingerprint density at radius 3 is 2.59 bits per heavy atom. The number of ether oxygens (including phenoxy) is 2. The Hall–Kier alpha value is -5.01. The molecule has 1 aromatic heterocycles. The molecule has 5 atom stereocenters. The number of carboxylic acid groups (broad SMARTS) is 1. The summed E-state index contributed by atoms with van der Waals surface area (Å²) in [6, 6.07) is 8.86. The topological polar surface area (TPSA) is 178 Å². The van der Waals surface area contributed by atoms with E-state index in [2.05, 4.69) is 26.0 Å². The predicted octanol–water partition coefficient (Wildman–Crippen LogP) is 4.02. The van der Waals surface area contributed by atoms with E-state index in [1.54, 1.807) is 27.9 Å². The molecule has 14 heteroatoms. The van der Waals surface area contributed by atoms with Crippen molar-refractivity contribution < 1.29 is 33.8 Å². The van der Waals surface area contributed by atoms with Crippen molar-refractivity contribution in [1.82, 2.24) is 35.7 Å². The maximum atomic E-state index is 14.3. The van der Waals surface area contributed by atoms with Crippen LogP contribution >= 0.6 is 0 Å². The van der Waals surface area contributed by atoms with E-state index >= 15 is 0 Å². The minimum absolute atomic E-state index is 0.0476. The highest BCUT2D eigenvalue weighted by Crippen LogP contribution is 2.45. The highest BCUT2D eigenvalue weighted by molar-refractivity contribution is 5.99. The Balaban J connectivity index is 1.32. The van der Waals surface area contributed by atoms with Crippen LogP contribution in [0.5, 0.6) is 5.75 Å². The molecule has 1 saturated carbocycles. The highest BCUT2D eigenvalue weighted by Gasteiger charge is 2.61. The first-order valence-corrected chi connectivity index (χ1v) is 16.8. The molecule has 260 valence electrons. The second-order valence-corrected chi connectivity index (χ2v) is 14.0. The molecule has 0 bridgehead atoms. The van der Waals surface area contributed by atoms with Gasteiger partial charge in [0, 0.05) is 29.8 Å². The number of aliphatic carboxylic acids is 1. The smallest absolute Gasteiger partial charge is 0.408 e. The van der Waals surface area contributed by atoms with Crippen molar-refractivity contribution in [1.29, 1.82) is 0 Å². The molecule has 0 spiro atoms. The van der Waals surface area contributed by atoms with Crippen LogP contribution in [0.25, 0.3) is 22.2 Å². The van der Waals surface area contributed by atoms with Gasteiger partial charge in [0.15, 0.2) is 0 Å². The second-order valence-electron chi connectivity index (χ2n) is 14.0. The quantitative estimate of drug-likeness (QED) is 0.335. The molecule has 2 aromatic carbocycles. The monoisotopic (exact) mass is 673 g/mol. The van der Waals surface area contributed by atoms with Crippen LogP contribution in [0.3, 0.4) is 0 Å². The Labute approximate surface area is 284 Å². The maximum Gasteiger partial charge on any atom is 0.408 e. The fourth-order valence-corrected chi connectivity index (χ4v) is 6.83. The van der Waals surface area contributed by atoms with E-state index in [0.29, 0.717) is 24.4 Å². The van der Waals surface area contributed by atoms with Crippen molar-refractivity contribution in [2.24, 2.45) is 5.92 Å². The summed E-state index contributed by atoms with van der Waals surface area (Å²) in [5.41, 5.74) is -1.48. The lowest BCUT2D eigenvalue weighted by atomic mass is 10.0. The normalized spacial score (nSPS) is 26.8. The van der Waals surface area contributed by atoms with Gasteiger partial charge in [-0.2, -0.15) is 4.80 Å². The molecule has 3 N–H and O–H groups in total. The van der Waals surface area contributed by atoms with Gasteiger partial charge in [0.05, 0.1) is 13.2 Å². The summed E-state index contributed by atoms with van der Waals surface area (Å²) in [5.74, 6) is -1.44. The minimum Gasteiger partial charge on any atom is -0.496 e. The molecule has 2 aliphatic heterocycles. The lowest BCUT2D eigenvalue weighted by Gasteiger charge is -2.30. The van der Waals surface area contributed by atoms with E-state index in [1.807, 2.05) is 48.6 Å². The molecular weight excluding hydrogens is 630 g/mol. The van der Waals surface area contributed by atoms with Crippen LogP contribution in [0.2, 0.25) is 0 Å². The average molecular weight is 674 g/mol. The Kier molecular flexibility index (Phi) is 9.32. The summed E-state index contributed by atoms with van der Waals surface area (Å²) in [6.45, 7) is 5.26. The van der Waals surface area contributed by atoms with E-state index in [4.69, 9.17) is 9.47 Å². The van der Waals surface area contributed by atoms with Crippen molar-refractivity contribution in [3.63, 3.8) is 0 Å². The summed E-state index contributed by atoms with van der Waals surface area (Å²) in [7, 11) is 1.61. The van der Waals surface area contributed by atoms with Gasteiger partial charge in [0.1, 0.15) is 29.0 Å². The average Bonchev–Trinajstić information content (AvgIpc) is 3.36. The highest BCUT2D eigenvalue weighted by atomic mass is 16.6. The van der Waals surface area contributed by atoms with E-state index in [-0.39, 0.29) is 25.3 Å². The number of tetrazole rings is 1. The molecule has 14 nitrogen and oxygen atoms in total. The SMILES string of the molecule is COc1ccc(-c2nnn([C@H]3C[C@H]4C(=O)N[C@@]5(C(=O)O)C[C@H]5/C=C\CCCCC[C@H](NC(=O)OC(C)(C)C)C(=O)N4C3)n2)c2ccccc12. The number of carbonyl (C=O) groups is 4. The summed E-state index contributed by atoms with van der Waals surface area (Å²) < 4.78 is 11.0. The van der Waals surface area contributed by atoms with E-state index in [0.717, 1.165) is 35.6 Å². The number of carboxylic acids is 1. The largest absolute Gasteiger partial charge is 0.496 e. The first-order valence-electron chi connectivity index (χ1n) is 16.8. The summed E-state index contributed by atoms with van der Waals surface area (Å²) in [4.78, 5) is 56.4. The zero-order valence-corrected chi connectivity index (χ0v) is 28.2. The first-order chi connectivity index (χ1) is 23.4. The molecule has 3 heterocycles. The number of allylic oxidation sites excluding steroid dienone is 1. The van der Waals surface area contributed by atoms with Gasteiger partial charge in [-0.15, -0.1) is 10.2 Å². The van der Waals surface area contributed by atoms with Crippen LogP contribution in [-0.4, -0.2) is 91.0 Å². The number of methoxy groups -OCH3 is 1. The number of carbonyl (C=O) groups excluding carboxylic acids is 3. The van der Waals surface area contributed by atoms with Gasteiger partial charge >= 0.3 is 12.1 Å². The van der Waals surface area contributed by atoms with Crippen LogP contribution in [0.4, 0.5) is 4.79 Å². The third kappa shape index (κ3) is 7.08. The van der Waals surface area contributed by atoms with Gasteiger partial charge in [-0.1, -0.05) is 49.3 Å². The molecule has 49 heavy (non-hydrogen) atoms. The number of nitrogens with one attached hydrogen (secondary N) is 2. The van der Waals surface area contributed by atoms with Gasteiger partial charge in [-0.25, -0.2) is 9.59 Å². The first kappa shape index (κ1) is 33.9. The van der Waals surface area contributed by atoms with Crippen LogP contribution in [0.1, 0.15) is 71.8 Å². The molecule has 2 fully saturated rings. The molecule has 3 amide bonds. The Morgan fingerprint density at radius 2 is 1.86 bits per heavy atom. The van der Waals surface area contributed by atoms with Gasteiger partial charge in [0.25, 0.3) is 0 Å². The number of fused-ring (bicyclic) bond motifs is 3. The molecule has 1 aliphatic carbocycles. The molecular formula is C35H43N7O7. The molecule has 3 aliphatic rings. The van der Waals surface area contributed by atoms with Gasteiger partial charge in [-0.05, 0) is 69.2 Å². The molecule has 0 unspecified atom stereocenters. The number of amides is 3. The predicted molar refractivity (Wildman–Crippen MR) is 178 cm³/mol. The van der Waals surface area contributed by atoms with E-state index in [9.17, 15) is 24.3 Å². The maximum absolute atomic E-state index is 14.3. The number of aromatic nitrogens is 4. The Bertz CT molecular complexity index is 1780. The lowest BCUT2D eigenvalue weighted by molar-refractivity contribution is -0.145. The Morgan fingerprint density at radius 1 is 1.08 bits per heavy atom. The zero-order valence-electron chi connectivity index (χ0n) is 28.2. The standard InChI is InChI=1S/C35H43N7O7/c1-34(2,3)49-33(47)36-26-15-9-7-5-6-8-12-21-19-35(21,32(45)46)37-30(43)27-18-22(20-41(27)31(26)44)42-39-29(38-40-42)25-16-17-28(48-4)24-14-11-10-13-23(24)25/h8,10-14,16-17,21-22,26-27H,5-7,9,15,18-20H2,1-4H3,(H,36,47)(H,37,43)(H,45,46)/b12-8-/t21-,22+,26+,27+,35+/m1/s1. The van der Waals surface area contributed by atoms with Gasteiger partial charge in [0.2, 0.25) is 17.6 Å². The number of rotatable bonds is 5. The number of hydrogen-bond acceptors (Lipinski definition) is 9. The molecule has 0 radical (unpaired) electrons. The molecule has 1 saturated heterocycles. The van der Waals surface area contributed by atoms with Crippen LogP contribution < -0.4 is 15.4 Å². The zero-order chi connectivity index (χ0) is 34.9. The summed E-state index contributed by atoms with van der Waals surface area (Å²) >= 11 is 0. The summed E-state index contributed by atoms with van der Waals surface area (Å²) in [6.07, 6.45) is 6.85. The van der Waals surface area contributed by atoms with Gasteiger partial charge in [-0.3, -0.25) is 9.59 Å². The number of hydrogen-bond donors (Lipinski definition) is 3. The summed E-state index contributed by atoms with van der Waals surface area (Å²) in [5, 5.41) is 30.8. The van der Waals surface area contributed by atoms with Crippen LogP contribution in [0.15, 0.2) is 48.6 Å². The van der Waals surface area contributed by atoms with Crippen molar-refractivity contribution >= 4 is 34.6 Å². The van der Waals surface area contributed by atoms with Crippen molar-refractivity contribution in [2.45, 2.75) is 95.0 Å². The van der Waals surface area contributed by atoms with Crippen molar-refractivity contribution in [3.05, 3.63) is 48.6 Å². The second kappa shape index (κ2) is 13.5. The van der Waals surface area contributed by atoms with Crippen LogP contribution in [-0.2, 0) is 19.1 Å². The van der Waals surface area contributed by atoms with Gasteiger partial charge < -0.3 is 30.1 Å². The molecule has 6 rings (SSSR count). The molecule has 3 aromatic rings. The third-order valence-corrected chi connectivity index (χ3v) is 9.43. The van der Waals surface area contributed by atoms with Crippen molar-refractivity contribution in [3.8, 4) is 17.1 Å². The lowest BCUT2D eigenvalue weighted by Crippen LogP contribution is -2.56. The fourth-order valence-electron chi connectivity index (χ4n) is 6.83. The van der Waals surface area contributed by atoms with Crippen LogP contribution in [0, 0.1) is 5.92 Å². The number of nitrogens with zero attached hydrogens (tertiary/aromatic N) is 5.